The summed E-state index contributed by atoms with van der Waals surface area (Å²) < 4.78 is 37.1. The van der Waals surface area contributed by atoms with Gasteiger partial charge in [0.05, 0.1) is 22.0 Å². The maximum atomic E-state index is 12.7. The Balaban J connectivity index is 1.74. The van der Waals surface area contributed by atoms with Gasteiger partial charge >= 0.3 is 6.18 Å². The predicted octanol–water partition coefficient (Wildman–Crippen LogP) is 4.59. The Bertz CT molecular complexity index is 1050. The van der Waals surface area contributed by atoms with Gasteiger partial charge in [0, 0.05) is 6.42 Å². The first-order chi connectivity index (χ1) is 14.2. The Morgan fingerprint density at radius 3 is 2.37 bits per heavy atom. The summed E-state index contributed by atoms with van der Waals surface area (Å²) in [6, 6.07) is 15.6. The average molecular weight is 433 g/mol. The number of aryl methyl sites for hydroxylation is 1. The van der Waals surface area contributed by atoms with Crippen LogP contribution in [0.5, 0.6) is 0 Å². The number of hydrogen-bond acceptors (Lipinski definition) is 4. The van der Waals surface area contributed by atoms with Crippen LogP contribution in [0.2, 0.25) is 0 Å². The van der Waals surface area contributed by atoms with Crippen molar-refractivity contribution < 1.29 is 22.8 Å². The second kappa shape index (κ2) is 9.08. The number of aromatic nitrogens is 1. The Kier molecular flexibility index (Phi) is 6.51. The first-order valence-corrected chi connectivity index (χ1v) is 9.80. The third-order valence-electron chi connectivity index (χ3n) is 4.11. The molecule has 2 N–H and O–H groups in total. The summed E-state index contributed by atoms with van der Waals surface area (Å²) in [4.78, 5) is 29.7. The molecule has 3 aromatic rings. The second-order valence-corrected chi connectivity index (χ2v) is 7.57. The van der Waals surface area contributed by atoms with E-state index in [2.05, 4.69) is 10.3 Å². The van der Waals surface area contributed by atoms with E-state index < -0.39 is 24.5 Å². The molecular formula is C21H18F3N3O2S. The zero-order valence-corrected chi connectivity index (χ0v) is 16.7. The number of benzene rings is 2. The standard InChI is InChI=1S/C21H18F3N3O2S/c1-13-18(30-17(26-13)11-14-7-3-2-4-8-14)20(29)27-16-10-6-5-9-15(16)19(28)25-12-21(22,23)24/h2-10H,11-12H2,1H3,(H,25,28)(H,27,29). The Labute approximate surface area is 175 Å². The lowest BCUT2D eigenvalue weighted by molar-refractivity contribution is -0.123. The molecule has 2 aromatic carbocycles. The molecule has 0 radical (unpaired) electrons. The molecule has 30 heavy (non-hydrogen) atoms. The van der Waals surface area contributed by atoms with Crippen LogP contribution in [0.3, 0.4) is 0 Å². The van der Waals surface area contributed by atoms with Crippen LogP contribution in [0.4, 0.5) is 18.9 Å². The third-order valence-corrected chi connectivity index (χ3v) is 5.27. The average Bonchev–Trinajstić information content (AvgIpc) is 3.07. The number of nitrogens with one attached hydrogen (secondary N) is 2. The molecule has 3 rings (SSSR count). The zero-order chi connectivity index (χ0) is 21.7. The summed E-state index contributed by atoms with van der Waals surface area (Å²) in [6.45, 7) is 0.257. The van der Waals surface area contributed by atoms with Gasteiger partial charge in [-0.2, -0.15) is 13.2 Å². The van der Waals surface area contributed by atoms with Gasteiger partial charge in [0.2, 0.25) is 0 Å². The molecule has 0 bridgehead atoms. The van der Waals surface area contributed by atoms with Crippen LogP contribution in [-0.4, -0.2) is 29.5 Å². The summed E-state index contributed by atoms with van der Waals surface area (Å²) >= 11 is 1.24. The topological polar surface area (TPSA) is 71.1 Å². The summed E-state index contributed by atoms with van der Waals surface area (Å²) in [7, 11) is 0. The van der Waals surface area contributed by atoms with Gasteiger partial charge in [-0.25, -0.2) is 4.98 Å². The van der Waals surface area contributed by atoms with Gasteiger partial charge in [0.1, 0.15) is 11.4 Å². The van der Waals surface area contributed by atoms with Crippen molar-refractivity contribution in [1.82, 2.24) is 10.3 Å². The summed E-state index contributed by atoms with van der Waals surface area (Å²) in [5, 5.41) is 5.19. The highest BCUT2D eigenvalue weighted by Crippen LogP contribution is 2.24. The van der Waals surface area contributed by atoms with E-state index in [0.717, 1.165) is 10.6 Å². The maximum absolute atomic E-state index is 12.7. The number of alkyl halides is 3. The van der Waals surface area contributed by atoms with E-state index in [-0.39, 0.29) is 11.3 Å². The molecule has 0 fully saturated rings. The zero-order valence-electron chi connectivity index (χ0n) is 15.9. The van der Waals surface area contributed by atoms with E-state index in [0.29, 0.717) is 17.0 Å². The van der Waals surface area contributed by atoms with Crippen molar-refractivity contribution >= 4 is 28.8 Å². The summed E-state index contributed by atoms with van der Waals surface area (Å²) in [5.41, 5.74) is 1.67. The van der Waals surface area contributed by atoms with E-state index in [1.165, 1.54) is 29.5 Å². The fraction of sp³-hybridized carbons (Fsp3) is 0.190. The molecule has 9 heteroatoms. The molecule has 156 valence electrons. The van der Waals surface area contributed by atoms with Crippen molar-refractivity contribution in [1.29, 1.82) is 0 Å². The van der Waals surface area contributed by atoms with Crippen LogP contribution in [0.15, 0.2) is 54.6 Å². The van der Waals surface area contributed by atoms with E-state index in [1.807, 2.05) is 35.6 Å². The number of rotatable bonds is 6. The third kappa shape index (κ3) is 5.66. The fourth-order valence-corrected chi connectivity index (χ4v) is 3.75. The van der Waals surface area contributed by atoms with Gasteiger partial charge in [0.25, 0.3) is 11.8 Å². The van der Waals surface area contributed by atoms with Crippen LogP contribution in [0.1, 0.15) is 36.3 Å². The second-order valence-electron chi connectivity index (χ2n) is 6.48. The lowest BCUT2D eigenvalue weighted by Gasteiger charge is -2.12. The molecule has 0 unspecified atom stereocenters. The van der Waals surface area contributed by atoms with Crippen LogP contribution in [0, 0.1) is 6.92 Å². The van der Waals surface area contributed by atoms with Gasteiger partial charge in [-0.1, -0.05) is 42.5 Å². The van der Waals surface area contributed by atoms with Crippen molar-refractivity contribution in [3.8, 4) is 0 Å². The van der Waals surface area contributed by atoms with Crippen LogP contribution in [0.25, 0.3) is 0 Å². The van der Waals surface area contributed by atoms with Crippen molar-refractivity contribution in [2.75, 3.05) is 11.9 Å². The molecule has 5 nitrogen and oxygen atoms in total. The summed E-state index contributed by atoms with van der Waals surface area (Å²) in [6.07, 6.45) is -3.95. The van der Waals surface area contributed by atoms with Crippen LogP contribution >= 0.6 is 11.3 Å². The fourth-order valence-electron chi connectivity index (χ4n) is 2.75. The number of hydrogen-bond donors (Lipinski definition) is 2. The van der Waals surface area contributed by atoms with Gasteiger partial charge in [-0.15, -0.1) is 11.3 Å². The van der Waals surface area contributed by atoms with E-state index >= 15 is 0 Å². The Hall–Kier alpha value is -3.20. The monoisotopic (exact) mass is 433 g/mol. The molecule has 1 heterocycles. The number of carbonyl (C=O) groups excluding carboxylic acids is 2. The van der Waals surface area contributed by atoms with Gasteiger partial charge in [0.15, 0.2) is 0 Å². The van der Waals surface area contributed by atoms with Gasteiger partial charge in [-0.05, 0) is 24.6 Å². The molecule has 0 aliphatic heterocycles. The normalized spacial score (nSPS) is 11.2. The molecular weight excluding hydrogens is 415 g/mol. The first kappa shape index (κ1) is 21.5. The van der Waals surface area contributed by atoms with Crippen LogP contribution < -0.4 is 10.6 Å². The molecule has 0 aliphatic carbocycles. The number of carbonyl (C=O) groups is 2. The molecule has 0 aliphatic rings. The highest BCUT2D eigenvalue weighted by molar-refractivity contribution is 7.14. The minimum absolute atomic E-state index is 0.0539. The molecule has 2 amide bonds. The van der Waals surface area contributed by atoms with Crippen LogP contribution in [-0.2, 0) is 6.42 Å². The number of thiazole rings is 1. The lowest BCUT2D eigenvalue weighted by Crippen LogP contribution is -2.34. The first-order valence-electron chi connectivity index (χ1n) is 8.98. The van der Waals surface area contributed by atoms with Crippen molar-refractivity contribution in [2.24, 2.45) is 0 Å². The van der Waals surface area contributed by atoms with Gasteiger partial charge in [-0.3, -0.25) is 9.59 Å². The predicted molar refractivity (Wildman–Crippen MR) is 109 cm³/mol. The Morgan fingerprint density at radius 2 is 1.67 bits per heavy atom. The molecule has 0 spiro atoms. The molecule has 0 atom stereocenters. The SMILES string of the molecule is Cc1nc(Cc2ccccc2)sc1C(=O)Nc1ccccc1C(=O)NCC(F)(F)F. The number of amides is 2. The van der Waals surface area contributed by atoms with Crippen molar-refractivity contribution in [3.05, 3.63) is 81.3 Å². The smallest absolute Gasteiger partial charge is 0.343 e. The molecule has 0 saturated carbocycles. The van der Waals surface area contributed by atoms with E-state index in [1.54, 1.807) is 13.0 Å². The quantitative estimate of drug-likeness (QED) is 0.598. The number of halogens is 3. The number of nitrogens with zero attached hydrogens (tertiary/aromatic N) is 1. The lowest BCUT2D eigenvalue weighted by atomic mass is 10.1. The maximum Gasteiger partial charge on any atom is 0.405 e. The Morgan fingerprint density at radius 1 is 1.00 bits per heavy atom. The summed E-state index contributed by atoms with van der Waals surface area (Å²) in [5.74, 6) is -1.39. The highest BCUT2D eigenvalue weighted by atomic mass is 32.1. The van der Waals surface area contributed by atoms with E-state index in [4.69, 9.17) is 0 Å². The van der Waals surface area contributed by atoms with Crippen molar-refractivity contribution in [2.45, 2.75) is 19.5 Å². The highest BCUT2D eigenvalue weighted by Gasteiger charge is 2.28. The number of anilines is 1. The minimum Gasteiger partial charge on any atom is -0.343 e. The molecule has 0 saturated heterocycles. The minimum atomic E-state index is -4.53. The van der Waals surface area contributed by atoms with Crippen molar-refractivity contribution in [3.63, 3.8) is 0 Å². The largest absolute Gasteiger partial charge is 0.405 e. The van der Waals surface area contributed by atoms with E-state index in [9.17, 15) is 22.8 Å². The van der Waals surface area contributed by atoms with Gasteiger partial charge < -0.3 is 10.6 Å². The number of para-hydroxylation sites is 1. The molecule has 1 aromatic heterocycles.